The molecule has 1 amide bonds. The predicted octanol–water partition coefficient (Wildman–Crippen LogP) is 0.410. The van der Waals surface area contributed by atoms with E-state index in [0.717, 1.165) is 4.31 Å². The molecule has 1 heterocycles. The maximum absolute atomic E-state index is 12.0. The smallest absolute Gasteiger partial charge is 0.421 e. The fourth-order valence-electron chi connectivity index (χ4n) is 2.23. The zero-order chi connectivity index (χ0) is 15.6. The van der Waals surface area contributed by atoms with Gasteiger partial charge in [-0.2, -0.15) is 12.7 Å². The maximum Gasteiger partial charge on any atom is 0.421 e. The molecule has 1 atom stereocenters. The van der Waals surface area contributed by atoms with Crippen LogP contribution in [-0.4, -0.2) is 49.6 Å². The van der Waals surface area contributed by atoms with Crippen molar-refractivity contribution >= 4 is 22.3 Å². The van der Waals surface area contributed by atoms with E-state index < -0.39 is 27.7 Å². The van der Waals surface area contributed by atoms with E-state index in [1.165, 1.54) is 0 Å². The summed E-state index contributed by atoms with van der Waals surface area (Å²) in [6.45, 7) is 4.97. The summed E-state index contributed by atoms with van der Waals surface area (Å²) in [4.78, 5) is 22.6. The van der Waals surface area contributed by atoms with E-state index in [0.29, 0.717) is 0 Å². The van der Waals surface area contributed by atoms with Crippen LogP contribution >= 0.6 is 0 Å². The molecule has 20 heavy (non-hydrogen) atoms. The molecule has 0 aliphatic carbocycles. The van der Waals surface area contributed by atoms with Gasteiger partial charge in [-0.15, -0.1) is 0 Å². The second kappa shape index (κ2) is 5.96. The molecule has 0 aromatic carbocycles. The highest BCUT2D eigenvalue weighted by atomic mass is 32.2. The number of rotatable bonds is 5. The summed E-state index contributed by atoms with van der Waals surface area (Å²) in [6, 6.07) is 0. The summed E-state index contributed by atoms with van der Waals surface area (Å²) >= 11 is 0. The van der Waals surface area contributed by atoms with Gasteiger partial charge in [0.15, 0.2) is 0 Å². The highest BCUT2D eigenvalue weighted by molar-refractivity contribution is 7.87. The van der Waals surface area contributed by atoms with Crippen molar-refractivity contribution in [3.8, 4) is 0 Å². The van der Waals surface area contributed by atoms with Crippen LogP contribution in [0.5, 0.6) is 0 Å². The molecule has 8 nitrogen and oxygen atoms in total. The lowest BCUT2D eigenvalue weighted by atomic mass is 9.77. The Bertz CT molecular complexity index is 489. The Morgan fingerprint density at radius 3 is 2.45 bits per heavy atom. The normalized spacial score (nSPS) is 23.8. The van der Waals surface area contributed by atoms with Gasteiger partial charge >= 0.3 is 22.3 Å². The van der Waals surface area contributed by atoms with Gasteiger partial charge in [-0.05, 0) is 19.3 Å². The van der Waals surface area contributed by atoms with E-state index in [1.807, 2.05) is 0 Å². The summed E-state index contributed by atoms with van der Waals surface area (Å²) in [5.41, 5.74) is -1.12. The Balaban J connectivity index is 2.86. The first-order valence-electron chi connectivity index (χ1n) is 6.33. The van der Waals surface area contributed by atoms with Crippen LogP contribution in [0.1, 0.15) is 27.2 Å². The minimum absolute atomic E-state index is 0.0480. The van der Waals surface area contributed by atoms with E-state index in [9.17, 15) is 23.1 Å². The van der Waals surface area contributed by atoms with Crippen molar-refractivity contribution in [2.24, 2.45) is 11.3 Å². The first-order valence-corrected chi connectivity index (χ1v) is 7.77. The highest BCUT2D eigenvalue weighted by Gasteiger charge is 2.50. The summed E-state index contributed by atoms with van der Waals surface area (Å²) in [5, 5.41) is 9.35. The topological polar surface area (TPSA) is 113 Å². The number of hydrogen-bond acceptors (Lipinski definition) is 5. The van der Waals surface area contributed by atoms with Crippen molar-refractivity contribution in [3.63, 3.8) is 0 Å². The Kier molecular flexibility index (Phi) is 4.98. The lowest BCUT2D eigenvalue weighted by Gasteiger charge is -2.28. The van der Waals surface area contributed by atoms with Gasteiger partial charge in [-0.3, -0.25) is 4.79 Å². The summed E-state index contributed by atoms with van der Waals surface area (Å²) in [5.74, 6) is -1.25. The van der Waals surface area contributed by atoms with Gasteiger partial charge in [0, 0.05) is 13.1 Å². The highest BCUT2D eigenvalue weighted by Crippen LogP contribution is 2.38. The maximum atomic E-state index is 12.0. The Hall–Kier alpha value is -1.35. The third-order valence-corrected chi connectivity index (χ3v) is 5.04. The molecule has 1 unspecified atom stereocenters. The number of nitrogens with one attached hydrogen (secondary N) is 1. The van der Waals surface area contributed by atoms with Gasteiger partial charge in [0.2, 0.25) is 0 Å². The van der Waals surface area contributed by atoms with Crippen LogP contribution in [0.25, 0.3) is 0 Å². The lowest BCUT2D eigenvalue weighted by Crippen LogP contribution is -2.45. The summed E-state index contributed by atoms with van der Waals surface area (Å²) < 4.78 is 31.2. The zero-order valence-corrected chi connectivity index (χ0v) is 12.6. The van der Waals surface area contributed by atoms with Crippen molar-refractivity contribution in [2.45, 2.75) is 27.2 Å². The molecule has 1 rings (SSSR count). The molecule has 1 aliphatic heterocycles. The van der Waals surface area contributed by atoms with Crippen LogP contribution < -0.4 is 4.72 Å². The minimum Gasteiger partial charge on any atom is -0.481 e. The van der Waals surface area contributed by atoms with Crippen molar-refractivity contribution < 1.29 is 27.9 Å². The number of nitrogens with zero attached hydrogens (tertiary/aromatic N) is 1. The van der Waals surface area contributed by atoms with Crippen LogP contribution in [0.3, 0.4) is 0 Å². The minimum atomic E-state index is -4.07. The molecular formula is C11H20N2O6S. The average molecular weight is 308 g/mol. The first kappa shape index (κ1) is 16.7. The van der Waals surface area contributed by atoms with Crippen molar-refractivity contribution in [2.75, 3.05) is 19.7 Å². The van der Waals surface area contributed by atoms with Crippen molar-refractivity contribution in [1.29, 1.82) is 0 Å². The van der Waals surface area contributed by atoms with Crippen LogP contribution in [-0.2, 0) is 19.7 Å². The van der Waals surface area contributed by atoms with E-state index in [1.54, 1.807) is 25.5 Å². The first-order chi connectivity index (χ1) is 9.15. The number of hydrogen-bond donors (Lipinski definition) is 2. The standard InChI is InChI=1S/C11H20N2O6S/c1-4-19-10(16)12-20(17,18)13-6-5-11(7-13,8(2)3)9(14)15/h8H,4-7H2,1-3H3,(H,12,16)(H,14,15). The number of carbonyl (C=O) groups is 2. The van der Waals surface area contributed by atoms with E-state index in [4.69, 9.17) is 0 Å². The van der Waals surface area contributed by atoms with Crippen molar-refractivity contribution in [3.05, 3.63) is 0 Å². The Morgan fingerprint density at radius 2 is 2.05 bits per heavy atom. The van der Waals surface area contributed by atoms with E-state index in [2.05, 4.69) is 4.74 Å². The number of carboxylic acid groups (broad SMARTS) is 1. The summed E-state index contributed by atoms with van der Waals surface area (Å²) in [7, 11) is -4.07. The Labute approximate surface area is 118 Å². The second-order valence-electron chi connectivity index (χ2n) is 5.03. The molecule has 9 heteroatoms. The fourth-order valence-corrected chi connectivity index (χ4v) is 3.36. The molecule has 0 saturated carbocycles. The van der Waals surface area contributed by atoms with Gasteiger partial charge in [0.25, 0.3) is 0 Å². The van der Waals surface area contributed by atoms with E-state index in [-0.39, 0.29) is 32.0 Å². The molecule has 2 N–H and O–H groups in total. The molecule has 116 valence electrons. The van der Waals surface area contributed by atoms with Gasteiger partial charge in [-0.1, -0.05) is 13.8 Å². The molecular weight excluding hydrogens is 288 g/mol. The van der Waals surface area contributed by atoms with Crippen LogP contribution in [0.15, 0.2) is 0 Å². The molecule has 1 aliphatic rings. The monoisotopic (exact) mass is 308 g/mol. The molecule has 1 saturated heterocycles. The predicted molar refractivity (Wildman–Crippen MR) is 70.2 cm³/mol. The third kappa shape index (κ3) is 3.21. The summed E-state index contributed by atoms with van der Waals surface area (Å²) in [6.07, 6.45) is -0.853. The second-order valence-corrected chi connectivity index (χ2v) is 6.70. The zero-order valence-electron chi connectivity index (χ0n) is 11.7. The SMILES string of the molecule is CCOC(=O)NS(=O)(=O)N1CCC(C(=O)O)(C(C)C)C1. The van der Waals surface area contributed by atoms with Gasteiger partial charge in [0.05, 0.1) is 12.0 Å². The number of ether oxygens (including phenoxy) is 1. The largest absolute Gasteiger partial charge is 0.481 e. The lowest BCUT2D eigenvalue weighted by molar-refractivity contribution is -0.150. The molecule has 0 aromatic rings. The molecule has 0 spiro atoms. The quantitative estimate of drug-likeness (QED) is 0.760. The Morgan fingerprint density at radius 1 is 1.45 bits per heavy atom. The van der Waals surface area contributed by atoms with Crippen LogP contribution in [0.2, 0.25) is 0 Å². The number of carboxylic acids is 1. The van der Waals surface area contributed by atoms with Gasteiger partial charge < -0.3 is 9.84 Å². The third-order valence-electron chi connectivity index (χ3n) is 3.62. The van der Waals surface area contributed by atoms with Gasteiger partial charge in [0.1, 0.15) is 0 Å². The van der Waals surface area contributed by atoms with E-state index >= 15 is 0 Å². The molecule has 0 radical (unpaired) electrons. The number of carbonyl (C=O) groups excluding carboxylic acids is 1. The molecule has 0 aromatic heterocycles. The van der Waals surface area contributed by atoms with Crippen LogP contribution in [0, 0.1) is 11.3 Å². The molecule has 0 bridgehead atoms. The van der Waals surface area contributed by atoms with Crippen molar-refractivity contribution in [1.82, 2.24) is 9.03 Å². The fraction of sp³-hybridized carbons (Fsp3) is 0.818. The van der Waals surface area contributed by atoms with Gasteiger partial charge in [-0.25, -0.2) is 9.52 Å². The number of aliphatic carboxylic acids is 1. The molecule has 1 fully saturated rings. The van der Waals surface area contributed by atoms with Crippen LogP contribution in [0.4, 0.5) is 4.79 Å². The number of amides is 1. The average Bonchev–Trinajstić information content (AvgIpc) is 2.74.